The summed E-state index contributed by atoms with van der Waals surface area (Å²) in [5, 5.41) is 4.11. The van der Waals surface area contributed by atoms with E-state index in [1.54, 1.807) is 12.4 Å². The topological polar surface area (TPSA) is 57.8 Å². The highest BCUT2D eigenvalue weighted by Gasteiger charge is 2.12. The Morgan fingerprint density at radius 3 is 2.95 bits per heavy atom. The Morgan fingerprint density at radius 2 is 2.14 bits per heavy atom. The molecule has 0 radical (unpaired) electrons. The van der Waals surface area contributed by atoms with Crippen LogP contribution < -0.4 is 5.32 Å². The van der Waals surface area contributed by atoms with Crippen molar-refractivity contribution in [3.8, 4) is 0 Å². The number of hydrogen-bond donors (Lipinski definition) is 2. The maximum atomic E-state index is 12.2. The number of rotatable bonds is 4. The zero-order valence-electron chi connectivity index (χ0n) is 11.8. The van der Waals surface area contributed by atoms with Gasteiger partial charge in [-0.25, -0.2) is 0 Å². The summed E-state index contributed by atoms with van der Waals surface area (Å²) < 4.78 is 0. The molecule has 0 aliphatic rings. The van der Waals surface area contributed by atoms with Crippen molar-refractivity contribution in [1.29, 1.82) is 0 Å². The molecule has 4 nitrogen and oxygen atoms in total. The van der Waals surface area contributed by atoms with E-state index in [2.05, 4.69) is 15.3 Å². The van der Waals surface area contributed by atoms with Crippen molar-refractivity contribution in [3.63, 3.8) is 0 Å². The zero-order chi connectivity index (χ0) is 14.7. The number of carbonyl (C=O) groups excluding carboxylic acids is 1. The van der Waals surface area contributed by atoms with E-state index in [-0.39, 0.29) is 11.9 Å². The van der Waals surface area contributed by atoms with E-state index in [9.17, 15) is 4.79 Å². The first kappa shape index (κ1) is 13.4. The normalized spacial score (nSPS) is 12.2. The van der Waals surface area contributed by atoms with Crippen molar-refractivity contribution in [3.05, 3.63) is 66.1 Å². The standard InChI is InChI=1S/C17H17N3O/c1-12(13-5-4-8-18-10-13)20-17(21)9-14-11-19-16-7-3-2-6-15(14)16/h2-8,10-12,19H,9H2,1H3,(H,20,21)/t12-/m1/s1. The second-order valence-corrected chi connectivity index (χ2v) is 5.11. The quantitative estimate of drug-likeness (QED) is 0.771. The summed E-state index contributed by atoms with van der Waals surface area (Å²) in [5.74, 6) is 0.0103. The minimum atomic E-state index is -0.0450. The van der Waals surface area contributed by atoms with Crippen LogP contribution in [0.5, 0.6) is 0 Å². The van der Waals surface area contributed by atoms with Gasteiger partial charge in [0.05, 0.1) is 12.5 Å². The van der Waals surface area contributed by atoms with Gasteiger partial charge >= 0.3 is 0 Å². The molecule has 2 aromatic heterocycles. The van der Waals surface area contributed by atoms with Crippen molar-refractivity contribution in [2.24, 2.45) is 0 Å². The Hall–Kier alpha value is -2.62. The number of nitrogens with zero attached hydrogens (tertiary/aromatic N) is 1. The molecular weight excluding hydrogens is 262 g/mol. The molecule has 0 aliphatic heterocycles. The highest BCUT2D eigenvalue weighted by molar-refractivity contribution is 5.88. The van der Waals surface area contributed by atoms with Gasteiger partial charge in [0.2, 0.25) is 5.91 Å². The summed E-state index contributed by atoms with van der Waals surface area (Å²) in [5.41, 5.74) is 3.08. The Morgan fingerprint density at radius 1 is 1.29 bits per heavy atom. The average Bonchev–Trinajstić information content (AvgIpc) is 2.91. The second-order valence-electron chi connectivity index (χ2n) is 5.11. The number of amides is 1. The number of benzene rings is 1. The molecule has 2 heterocycles. The number of H-pyrrole nitrogens is 1. The lowest BCUT2D eigenvalue weighted by atomic mass is 10.1. The molecule has 0 unspecified atom stereocenters. The molecule has 0 fully saturated rings. The van der Waals surface area contributed by atoms with Crippen LogP contribution in [0, 0.1) is 0 Å². The molecule has 3 aromatic rings. The lowest BCUT2D eigenvalue weighted by Crippen LogP contribution is -2.28. The van der Waals surface area contributed by atoms with Gasteiger partial charge in [-0.2, -0.15) is 0 Å². The summed E-state index contributed by atoms with van der Waals surface area (Å²) in [4.78, 5) is 19.5. The molecule has 1 amide bonds. The predicted octanol–water partition coefficient (Wildman–Crippen LogP) is 2.98. The molecule has 0 aliphatic carbocycles. The third-order valence-corrected chi connectivity index (χ3v) is 3.59. The zero-order valence-corrected chi connectivity index (χ0v) is 11.8. The predicted molar refractivity (Wildman–Crippen MR) is 82.8 cm³/mol. The lowest BCUT2D eigenvalue weighted by molar-refractivity contribution is -0.121. The van der Waals surface area contributed by atoms with Crippen LogP contribution in [-0.2, 0) is 11.2 Å². The number of para-hydroxylation sites is 1. The van der Waals surface area contributed by atoms with E-state index in [1.165, 1.54) is 0 Å². The van der Waals surface area contributed by atoms with Gasteiger partial charge in [0.25, 0.3) is 0 Å². The number of aromatic nitrogens is 2. The molecule has 1 atom stereocenters. The largest absolute Gasteiger partial charge is 0.361 e. The van der Waals surface area contributed by atoms with Crippen LogP contribution in [0.4, 0.5) is 0 Å². The first-order chi connectivity index (χ1) is 10.2. The minimum absolute atomic E-state index is 0.0103. The monoisotopic (exact) mass is 279 g/mol. The molecule has 4 heteroatoms. The maximum Gasteiger partial charge on any atom is 0.224 e. The number of hydrogen-bond acceptors (Lipinski definition) is 2. The Balaban J connectivity index is 1.69. The van der Waals surface area contributed by atoms with E-state index < -0.39 is 0 Å². The van der Waals surface area contributed by atoms with Crippen LogP contribution >= 0.6 is 0 Å². The lowest BCUT2D eigenvalue weighted by Gasteiger charge is -2.13. The van der Waals surface area contributed by atoms with Crippen LogP contribution in [0.25, 0.3) is 10.9 Å². The van der Waals surface area contributed by atoms with Crippen molar-refractivity contribution in [2.45, 2.75) is 19.4 Å². The molecule has 0 saturated heterocycles. The van der Waals surface area contributed by atoms with E-state index in [4.69, 9.17) is 0 Å². The smallest absolute Gasteiger partial charge is 0.224 e. The second kappa shape index (κ2) is 5.79. The number of carbonyl (C=O) groups is 1. The summed E-state index contributed by atoms with van der Waals surface area (Å²) in [7, 11) is 0. The number of fused-ring (bicyclic) bond motifs is 1. The Bertz CT molecular complexity index is 749. The van der Waals surface area contributed by atoms with E-state index >= 15 is 0 Å². The van der Waals surface area contributed by atoms with Gasteiger partial charge in [-0.3, -0.25) is 9.78 Å². The van der Waals surface area contributed by atoms with Crippen LogP contribution in [0.1, 0.15) is 24.1 Å². The van der Waals surface area contributed by atoms with Crippen LogP contribution in [-0.4, -0.2) is 15.9 Å². The van der Waals surface area contributed by atoms with Gasteiger partial charge in [-0.15, -0.1) is 0 Å². The maximum absolute atomic E-state index is 12.2. The minimum Gasteiger partial charge on any atom is -0.361 e. The average molecular weight is 279 g/mol. The number of nitrogens with one attached hydrogen (secondary N) is 2. The molecule has 106 valence electrons. The Kier molecular flexibility index (Phi) is 3.69. The fraction of sp³-hybridized carbons (Fsp3) is 0.176. The van der Waals surface area contributed by atoms with Crippen LogP contribution in [0.15, 0.2) is 55.0 Å². The third-order valence-electron chi connectivity index (χ3n) is 3.59. The van der Waals surface area contributed by atoms with Gasteiger partial charge < -0.3 is 10.3 Å². The van der Waals surface area contributed by atoms with Crippen molar-refractivity contribution in [1.82, 2.24) is 15.3 Å². The summed E-state index contributed by atoms with van der Waals surface area (Å²) >= 11 is 0. The van der Waals surface area contributed by atoms with E-state index in [1.807, 2.05) is 49.5 Å². The Labute approximate surface area is 123 Å². The molecule has 21 heavy (non-hydrogen) atoms. The van der Waals surface area contributed by atoms with E-state index in [0.717, 1.165) is 22.0 Å². The van der Waals surface area contributed by atoms with Crippen LogP contribution in [0.2, 0.25) is 0 Å². The van der Waals surface area contributed by atoms with Gasteiger partial charge in [0.1, 0.15) is 0 Å². The van der Waals surface area contributed by atoms with Crippen molar-refractivity contribution < 1.29 is 4.79 Å². The number of aromatic amines is 1. The SMILES string of the molecule is C[C@@H](NC(=O)Cc1c[nH]c2ccccc12)c1cccnc1. The highest BCUT2D eigenvalue weighted by atomic mass is 16.1. The van der Waals surface area contributed by atoms with Gasteiger partial charge in [-0.05, 0) is 30.2 Å². The van der Waals surface area contributed by atoms with E-state index in [0.29, 0.717) is 6.42 Å². The van der Waals surface area contributed by atoms with Gasteiger partial charge in [-0.1, -0.05) is 24.3 Å². The first-order valence-corrected chi connectivity index (χ1v) is 6.98. The summed E-state index contributed by atoms with van der Waals surface area (Å²) in [6.07, 6.45) is 5.77. The van der Waals surface area contributed by atoms with Gasteiger partial charge in [0.15, 0.2) is 0 Å². The molecule has 0 saturated carbocycles. The summed E-state index contributed by atoms with van der Waals surface area (Å²) in [6, 6.07) is 11.8. The molecular formula is C17H17N3O. The third kappa shape index (κ3) is 2.94. The molecule has 2 N–H and O–H groups in total. The molecule has 0 bridgehead atoms. The fourth-order valence-corrected chi connectivity index (χ4v) is 2.46. The fourth-order valence-electron chi connectivity index (χ4n) is 2.46. The van der Waals surface area contributed by atoms with Crippen LogP contribution in [0.3, 0.4) is 0 Å². The van der Waals surface area contributed by atoms with Crippen molar-refractivity contribution >= 4 is 16.8 Å². The number of pyridine rings is 1. The molecule has 0 spiro atoms. The van der Waals surface area contributed by atoms with Crippen molar-refractivity contribution in [2.75, 3.05) is 0 Å². The summed E-state index contributed by atoms with van der Waals surface area (Å²) in [6.45, 7) is 1.96. The highest BCUT2D eigenvalue weighted by Crippen LogP contribution is 2.18. The first-order valence-electron chi connectivity index (χ1n) is 6.98. The molecule has 3 rings (SSSR count). The molecule has 1 aromatic carbocycles. The van der Waals surface area contributed by atoms with Gasteiger partial charge in [0, 0.05) is 29.5 Å².